The minimum absolute atomic E-state index is 0.0285. The predicted molar refractivity (Wildman–Crippen MR) is 119 cm³/mol. The molecule has 2 aliphatic rings. The lowest BCUT2D eigenvalue weighted by atomic mass is 9.88. The summed E-state index contributed by atoms with van der Waals surface area (Å²) < 4.78 is 16.1. The van der Waals surface area contributed by atoms with Gasteiger partial charge in [0.25, 0.3) is 5.79 Å². The Labute approximate surface area is 207 Å². The molecule has 0 bridgehead atoms. The Kier molecular flexibility index (Phi) is 11.1. The Morgan fingerprint density at radius 3 is 2.17 bits per heavy atom. The van der Waals surface area contributed by atoms with Gasteiger partial charge < -0.3 is 60.4 Å². The first kappa shape index (κ1) is 30.9. The van der Waals surface area contributed by atoms with Crippen molar-refractivity contribution in [1.82, 2.24) is 10.6 Å². The minimum atomic E-state index is -2.70. The Morgan fingerprint density at radius 1 is 1.11 bits per heavy atom. The molecule has 2 saturated heterocycles. The van der Waals surface area contributed by atoms with Crippen molar-refractivity contribution in [2.45, 2.75) is 92.5 Å². The summed E-state index contributed by atoms with van der Waals surface area (Å²) in [6, 6.07) is -2.99. The molecule has 0 aliphatic carbocycles. The third kappa shape index (κ3) is 6.38. The van der Waals surface area contributed by atoms with Gasteiger partial charge >= 0.3 is 5.97 Å². The first-order valence-corrected chi connectivity index (χ1v) is 11.5. The number of hydrogen-bond donors (Lipinski definition) is 10. The van der Waals surface area contributed by atoms with Crippen LogP contribution >= 0.6 is 0 Å². The summed E-state index contributed by atoms with van der Waals surface area (Å²) in [6.45, 7) is -0.384. The Balaban J connectivity index is 2.30. The van der Waals surface area contributed by atoms with Crippen molar-refractivity contribution in [3.63, 3.8) is 0 Å². The number of carboxylic acid groups (broad SMARTS) is 1. The molecule has 0 aromatic carbocycles. The highest BCUT2D eigenvalue weighted by Gasteiger charge is 2.57. The lowest BCUT2D eigenvalue weighted by Gasteiger charge is -2.48. The summed E-state index contributed by atoms with van der Waals surface area (Å²) in [4.78, 5) is 23.9. The standard InChI is InChI=1S/C21H38N2O13/c1-8(26)9-4-10(27)14(23-9)18(31)16(29)13(7-25)35-21(20(32)33)5-11(28)15(22-2)19(36-21)17(30)12(6-24)34-3/h9-19,22-25,27-31H,4-7H2,1-3H3,(H,32,33)/t9?,10?,11?,12-,13-,14?,15?,16-,17-,18?,19?,21?/m1/s1. The zero-order chi connectivity index (χ0) is 27.4. The summed E-state index contributed by atoms with van der Waals surface area (Å²) in [7, 11) is 2.62. The van der Waals surface area contributed by atoms with E-state index in [4.69, 9.17) is 14.2 Å². The van der Waals surface area contributed by atoms with E-state index in [2.05, 4.69) is 10.6 Å². The van der Waals surface area contributed by atoms with Crippen molar-refractivity contribution in [1.29, 1.82) is 0 Å². The molecule has 8 unspecified atom stereocenters. The van der Waals surface area contributed by atoms with Crippen molar-refractivity contribution in [3.8, 4) is 0 Å². The maximum Gasteiger partial charge on any atom is 0.364 e. The van der Waals surface area contributed by atoms with Gasteiger partial charge in [0.2, 0.25) is 0 Å². The molecule has 36 heavy (non-hydrogen) atoms. The molecule has 10 N–H and O–H groups in total. The van der Waals surface area contributed by atoms with E-state index in [1.54, 1.807) is 0 Å². The highest BCUT2D eigenvalue weighted by molar-refractivity contribution is 5.82. The molecule has 15 nitrogen and oxygen atoms in total. The van der Waals surface area contributed by atoms with Crippen LogP contribution in [-0.4, -0.2) is 153 Å². The Morgan fingerprint density at radius 2 is 1.72 bits per heavy atom. The number of hydrogen-bond acceptors (Lipinski definition) is 14. The number of ketones is 1. The SMILES string of the molecule is CNC1C(O)CC(O[C@H](CO)[C@@H](O)C(O)C2NC(C(C)=O)CC2O)(C(=O)O)OC1[C@H](O)[C@@H](CO)OC. The number of methoxy groups -OCH3 is 1. The van der Waals surface area contributed by atoms with Gasteiger partial charge in [-0.15, -0.1) is 0 Å². The van der Waals surface area contributed by atoms with Gasteiger partial charge in [-0.05, 0) is 20.4 Å². The number of aliphatic hydroxyl groups is 7. The van der Waals surface area contributed by atoms with E-state index < -0.39 is 98.3 Å². The highest BCUT2D eigenvalue weighted by Crippen LogP contribution is 2.35. The fourth-order valence-corrected chi connectivity index (χ4v) is 4.70. The van der Waals surface area contributed by atoms with E-state index in [1.165, 1.54) is 21.1 Å². The van der Waals surface area contributed by atoms with Crippen LogP contribution < -0.4 is 10.6 Å². The van der Waals surface area contributed by atoms with Gasteiger partial charge in [0, 0.05) is 13.5 Å². The summed E-state index contributed by atoms with van der Waals surface area (Å²) in [5.41, 5.74) is 0. The lowest BCUT2D eigenvalue weighted by molar-refractivity contribution is -0.334. The number of carbonyl (C=O) groups is 2. The molecular weight excluding hydrogens is 488 g/mol. The summed E-state index contributed by atoms with van der Waals surface area (Å²) >= 11 is 0. The van der Waals surface area contributed by atoms with Gasteiger partial charge in [-0.2, -0.15) is 0 Å². The minimum Gasteiger partial charge on any atom is -0.477 e. The third-order valence-electron chi connectivity index (χ3n) is 6.83. The smallest absolute Gasteiger partial charge is 0.364 e. The molecule has 0 aromatic rings. The number of likely N-dealkylation sites (N-methyl/N-ethyl adjacent to an activating group) is 1. The van der Waals surface area contributed by atoms with Crippen LogP contribution in [0.4, 0.5) is 0 Å². The second kappa shape index (κ2) is 12.9. The summed E-state index contributed by atoms with van der Waals surface area (Å²) in [5, 5.41) is 87.6. The fourth-order valence-electron chi connectivity index (χ4n) is 4.70. The van der Waals surface area contributed by atoms with Crippen LogP contribution in [0.2, 0.25) is 0 Å². The number of nitrogens with one attached hydrogen (secondary N) is 2. The maximum atomic E-state index is 12.3. The van der Waals surface area contributed by atoms with Crippen molar-refractivity contribution in [3.05, 3.63) is 0 Å². The van der Waals surface area contributed by atoms with E-state index in [0.29, 0.717) is 0 Å². The molecule has 0 aromatic heterocycles. The third-order valence-corrected chi connectivity index (χ3v) is 6.83. The van der Waals surface area contributed by atoms with Gasteiger partial charge in [0.05, 0.1) is 43.5 Å². The van der Waals surface area contributed by atoms with E-state index in [9.17, 15) is 50.4 Å². The number of ether oxygens (including phenoxy) is 3. The molecular formula is C21H38N2O13. The number of aliphatic hydroxyl groups excluding tert-OH is 7. The van der Waals surface area contributed by atoms with Gasteiger partial charge in [0.1, 0.15) is 42.4 Å². The fraction of sp³-hybridized carbons (Fsp3) is 0.905. The Hall–Kier alpha value is -1.34. The molecule has 0 amide bonds. The van der Waals surface area contributed by atoms with E-state index >= 15 is 0 Å². The topological polar surface area (TPSA) is 248 Å². The molecule has 15 heteroatoms. The first-order chi connectivity index (χ1) is 16.9. The molecule has 2 fully saturated rings. The quantitative estimate of drug-likeness (QED) is 0.108. The Bertz CT molecular complexity index is 741. The normalized spacial score (nSPS) is 37.2. The molecule has 0 spiro atoms. The summed E-state index contributed by atoms with van der Waals surface area (Å²) in [5.74, 6) is -4.77. The molecule has 2 aliphatic heterocycles. The average Bonchev–Trinajstić information content (AvgIpc) is 3.23. The van der Waals surface area contributed by atoms with Crippen LogP contribution in [0.15, 0.2) is 0 Å². The van der Waals surface area contributed by atoms with Crippen LogP contribution in [0.3, 0.4) is 0 Å². The zero-order valence-electron chi connectivity index (χ0n) is 20.3. The van der Waals surface area contributed by atoms with Gasteiger partial charge in [0.15, 0.2) is 0 Å². The largest absolute Gasteiger partial charge is 0.477 e. The van der Waals surface area contributed by atoms with Crippen LogP contribution in [-0.2, 0) is 23.8 Å². The van der Waals surface area contributed by atoms with Crippen LogP contribution in [0, 0.1) is 0 Å². The van der Waals surface area contributed by atoms with Gasteiger partial charge in [-0.3, -0.25) is 10.1 Å². The monoisotopic (exact) mass is 526 g/mol. The number of rotatable bonds is 13. The van der Waals surface area contributed by atoms with Crippen LogP contribution in [0.25, 0.3) is 0 Å². The number of carboxylic acids is 1. The molecule has 0 saturated carbocycles. The average molecular weight is 527 g/mol. The lowest BCUT2D eigenvalue weighted by Crippen LogP contribution is -2.68. The van der Waals surface area contributed by atoms with E-state index in [-0.39, 0.29) is 12.2 Å². The molecule has 2 heterocycles. The first-order valence-electron chi connectivity index (χ1n) is 11.5. The zero-order valence-corrected chi connectivity index (χ0v) is 20.3. The second-order valence-corrected chi connectivity index (χ2v) is 9.15. The van der Waals surface area contributed by atoms with Crippen LogP contribution in [0.1, 0.15) is 19.8 Å². The van der Waals surface area contributed by atoms with Gasteiger partial charge in [-0.25, -0.2) is 4.79 Å². The highest BCUT2D eigenvalue weighted by atomic mass is 16.7. The van der Waals surface area contributed by atoms with Crippen molar-refractivity contribution in [2.24, 2.45) is 0 Å². The summed E-state index contributed by atoms with van der Waals surface area (Å²) in [6.07, 6.45) is -13.4. The van der Waals surface area contributed by atoms with Crippen molar-refractivity contribution < 1.29 is 64.7 Å². The van der Waals surface area contributed by atoms with E-state index in [0.717, 1.165) is 0 Å². The molecule has 2 rings (SSSR count). The predicted octanol–water partition coefficient (Wildman–Crippen LogP) is -5.35. The maximum absolute atomic E-state index is 12.3. The molecule has 12 atom stereocenters. The second-order valence-electron chi connectivity index (χ2n) is 9.15. The number of Topliss-reactive ketones (excluding diaryl/α,β-unsaturated/α-hetero) is 1. The van der Waals surface area contributed by atoms with Crippen molar-refractivity contribution in [2.75, 3.05) is 27.4 Å². The number of carbonyl (C=O) groups excluding carboxylic acids is 1. The molecule has 0 radical (unpaired) electrons. The van der Waals surface area contributed by atoms with Crippen molar-refractivity contribution >= 4 is 11.8 Å². The van der Waals surface area contributed by atoms with E-state index in [1.807, 2.05) is 0 Å². The number of aliphatic carboxylic acids is 1. The molecule has 210 valence electrons. The van der Waals surface area contributed by atoms with Crippen LogP contribution in [0.5, 0.6) is 0 Å². The van der Waals surface area contributed by atoms with Gasteiger partial charge in [-0.1, -0.05) is 0 Å².